The molecule has 1 saturated heterocycles. The quantitative estimate of drug-likeness (QED) is 0.760. The van der Waals surface area contributed by atoms with Gasteiger partial charge in [-0.25, -0.2) is 0 Å². The van der Waals surface area contributed by atoms with Crippen LogP contribution in [0.2, 0.25) is 0 Å². The summed E-state index contributed by atoms with van der Waals surface area (Å²) in [7, 11) is 0. The second kappa shape index (κ2) is 6.53. The van der Waals surface area contributed by atoms with Gasteiger partial charge in [0.2, 0.25) is 5.91 Å². The smallest absolute Gasteiger partial charge is 0.239 e. The zero-order chi connectivity index (χ0) is 13.8. The van der Waals surface area contributed by atoms with E-state index in [1.54, 1.807) is 6.92 Å². The fourth-order valence-corrected chi connectivity index (χ4v) is 2.67. The van der Waals surface area contributed by atoms with Crippen molar-refractivity contribution in [3.63, 3.8) is 0 Å². The van der Waals surface area contributed by atoms with Crippen LogP contribution in [0.1, 0.15) is 47.0 Å². The lowest BCUT2D eigenvalue weighted by Gasteiger charge is -2.26. The van der Waals surface area contributed by atoms with E-state index in [9.17, 15) is 4.79 Å². The zero-order valence-corrected chi connectivity index (χ0v) is 12.2. The first-order valence-electron chi connectivity index (χ1n) is 7.07. The molecule has 0 radical (unpaired) electrons. The molecule has 1 amide bonds. The Kier molecular flexibility index (Phi) is 5.60. The van der Waals surface area contributed by atoms with Crippen LogP contribution in [-0.4, -0.2) is 30.7 Å². The Balaban J connectivity index is 2.43. The summed E-state index contributed by atoms with van der Waals surface area (Å²) < 4.78 is 5.71. The van der Waals surface area contributed by atoms with Crippen LogP contribution in [0.15, 0.2) is 0 Å². The molecule has 1 aliphatic rings. The lowest BCUT2D eigenvalue weighted by Crippen LogP contribution is -2.52. The van der Waals surface area contributed by atoms with Crippen LogP contribution in [0.3, 0.4) is 0 Å². The number of amides is 1. The largest absolute Gasteiger partial charge is 0.378 e. The maximum atomic E-state index is 12.0. The summed E-state index contributed by atoms with van der Waals surface area (Å²) in [5.41, 5.74) is 5.26. The average Bonchev–Trinajstić information content (AvgIpc) is 2.73. The van der Waals surface area contributed by atoms with Crippen molar-refractivity contribution >= 4 is 5.91 Å². The number of hydrogen-bond donors (Lipinski definition) is 2. The average molecular weight is 256 g/mol. The summed E-state index contributed by atoms with van der Waals surface area (Å²) in [6.45, 7) is 9.65. The SMILES string of the molecule is CCCC(C)(N)C(=O)NCC1CCOC1C(C)C. The third kappa shape index (κ3) is 3.95. The molecule has 0 aromatic heterocycles. The van der Waals surface area contributed by atoms with E-state index in [4.69, 9.17) is 10.5 Å². The summed E-state index contributed by atoms with van der Waals surface area (Å²) in [5, 5.41) is 2.99. The first-order chi connectivity index (χ1) is 8.38. The summed E-state index contributed by atoms with van der Waals surface area (Å²) in [5.74, 6) is 0.874. The molecule has 18 heavy (non-hydrogen) atoms. The molecule has 0 aromatic carbocycles. The highest BCUT2D eigenvalue weighted by molar-refractivity contribution is 5.85. The second-order valence-corrected chi connectivity index (χ2v) is 6.01. The number of rotatable bonds is 6. The van der Waals surface area contributed by atoms with Gasteiger partial charge in [0.05, 0.1) is 11.6 Å². The summed E-state index contributed by atoms with van der Waals surface area (Å²) >= 11 is 0. The van der Waals surface area contributed by atoms with E-state index < -0.39 is 5.54 Å². The van der Waals surface area contributed by atoms with Crippen molar-refractivity contribution in [2.75, 3.05) is 13.2 Å². The maximum absolute atomic E-state index is 12.0. The van der Waals surface area contributed by atoms with Crippen LogP contribution in [0.4, 0.5) is 0 Å². The molecule has 4 nitrogen and oxygen atoms in total. The van der Waals surface area contributed by atoms with Crippen LogP contribution < -0.4 is 11.1 Å². The standard InChI is InChI=1S/C14H28N2O2/c1-5-7-14(4,15)13(17)16-9-11-6-8-18-12(11)10(2)3/h10-12H,5-9,15H2,1-4H3,(H,16,17). The van der Waals surface area contributed by atoms with Crippen molar-refractivity contribution in [3.8, 4) is 0 Å². The van der Waals surface area contributed by atoms with E-state index in [2.05, 4.69) is 19.2 Å². The van der Waals surface area contributed by atoms with Crippen LogP contribution in [0.25, 0.3) is 0 Å². The van der Waals surface area contributed by atoms with Crippen LogP contribution >= 0.6 is 0 Å². The molecule has 3 unspecified atom stereocenters. The summed E-state index contributed by atoms with van der Waals surface area (Å²) in [6, 6.07) is 0. The predicted octanol–water partition coefficient (Wildman–Crippen LogP) is 1.68. The van der Waals surface area contributed by atoms with E-state index >= 15 is 0 Å². The van der Waals surface area contributed by atoms with E-state index in [0.717, 1.165) is 19.4 Å². The number of nitrogens with two attached hydrogens (primary N) is 1. The van der Waals surface area contributed by atoms with Gasteiger partial charge in [0.25, 0.3) is 0 Å². The minimum Gasteiger partial charge on any atom is -0.378 e. The molecule has 1 rings (SSSR count). The summed E-state index contributed by atoms with van der Waals surface area (Å²) in [4.78, 5) is 12.0. The van der Waals surface area contributed by atoms with Crippen LogP contribution in [0.5, 0.6) is 0 Å². The number of carbonyl (C=O) groups is 1. The Hall–Kier alpha value is -0.610. The second-order valence-electron chi connectivity index (χ2n) is 6.01. The lowest BCUT2D eigenvalue weighted by molar-refractivity contribution is -0.126. The molecule has 106 valence electrons. The normalized spacial score (nSPS) is 27.2. The number of ether oxygens (including phenoxy) is 1. The number of nitrogens with one attached hydrogen (secondary N) is 1. The molecule has 3 atom stereocenters. The van der Waals surface area contributed by atoms with Gasteiger partial charge in [-0.1, -0.05) is 27.2 Å². The van der Waals surface area contributed by atoms with Crippen molar-refractivity contribution < 1.29 is 9.53 Å². The molecule has 1 heterocycles. The van der Waals surface area contributed by atoms with Gasteiger partial charge in [0.1, 0.15) is 0 Å². The van der Waals surface area contributed by atoms with Gasteiger partial charge >= 0.3 is 0 Å². The van der Waals surface area contributed by atoms with Crippen molar-refractivity contribution in [2.24, 2.45) is 17.6 Å². The predicted molar refractivity (Wildman–Crippen MR) is 73.2 cm³/mol. The van der Waals surface area contributed by atoms with Crippen molar-refractivity contribution in [3.05, 3.63) is 0 Å². The van der Waals surface area contributed by atoms with Crippen molar-refractivity contribution in [2.45, 2.75) is 58.6 Å². The zero-order valence-electron chi connectivity index (χ0n) is 12.2. The van der Waals surface area contributed by atoms with Gasteiger partial charge in [0.15, 0.2) is 0 Å². The third-order valence-corrected chi connectivity index (χ3v) is 3.73. The first kappa shape index (κ1) is 15.4. The number of hydrogen-bond acceptors (Lipinski definition) is 3. The van der Waals surface area contributed by atoms with Crippen molar-refractivity contribution in [1.82, 2.24) is 5.32 Å². The molecular weight excluding hydrogens is 228 g/mol. The lowest BCUT2D eigenvalue weighted by atomic mass is 9.92. The fourth-order valence-electron chi connectivity index (χ4n) is 2.67. The molecule has 0 saturated carbocycles. The van der Waals surface area contributed by atoms with Gasteiger partial charge in [-0.15, -0.1) is 0 Å². The highest BCUT2D eigenvalue weighted by atomic mass is 16.5. The molecule has 3 N–H and O–H groups in total. The van der Waals surface area contributed by atoms with E-state index in [0.29, 0.717) is 24.8 Å². The highest BCUT2D eigenvalue weighted by Crippen LogP contribution is 2.26. The highest BCUT2D eigenvalue weighted by Gasteiger charge is 2.33. The summed E-state index contributed by atoms with van der Waals surface area (Å²) in [6.07, 6.45) is 2.92. The Bertz CT molecular complexity index is 277. The van der Waals surface area contributed by atoms with Gasteiger partial charge < -0.3 is 15.8 Å². The maximum Gasteiger partial charge on any atom is 0.239 e. The Morgan fingerprint density at radius 3 is 2.78 bits per heavy atom. The molecule has 0 aromatic rings. The topological polar surface area (TPSA) is 64.4 Å². The van der Waals surface area contributed by atoms with Crippen LogP contribution in [-0.2, 0) is 9.53 Å². The monoisotopic (exact) mass is 256 g/mol. The van der Waals surface area contributed by atoms with Crippen LogP contribution in [0, 0.1) is 11.8 Å². The van der Waals surface area contributed by atoms with Crippen molar-refractivity contribution in [1.29, 1.82) is 0 Å². The minimum atomic E-state index is -0.748. The van der Waals surface area contributed by atoms with E-state index in [-0.39, 0.29) is 12.0 Å². The van der Waals surface area contributed by atoms with E-state index in [1.165, 1.54) is 0 Å². The molecule has 1 fully saturated rings. The number of carbonyl (C=O) groups excluding carboxylic acids is 1. The molecular formula is C14H28N2O2. The van der Waals surface area contributed by atoms with E-state index in [1.807, 2.05) is 6.92 Å². The van der Waals surface area contributed by atoms with Gasteiger partial charge in [-0.2, -0.15) is 0 Å². The molecule has 1 aliphatic heterocycles. The molecule has 4 heteroatoms. The molecule has 0 bridgehead atoms. The first-order valence-corrected chi connectivity index (χ1v) is 7.07. The Morgan fingerprint density at radius 1 is 1.56 bits per heavy atom. The van der Waals surface area contributed by atoms with Gasteiger partial charge in [-0.3, -0.25) is 4.79 Å². The van der Waals surface area contributed by atoms with Gasteiger partial charge in [-0.05, 0) is 25.7 Å². The molecule has 0 spiro atoms. The molecule has 0 aliphatic carbocycles. The van der Waals surface area contributed by atoms with Gasteiger partial charge in [0, 0.05) is 19.1 Å². The Morgan fingerprint density at radius 2 is 2.22 bits per heavy atom. The third-order valence-electron chi connectivity index (χ3n) is 3.73. The fraction of sp³-hybridized carbons (Fsp3) is 0.929. The minimum absolute atomic E-state index is 0.0428. The Labute approximate surface area is 111 Å².